The molecule has 0 aliphatic carbocycles. The van der Waals surface area contributed by atoms with Gasteiger partial charge in [-0.25, -0.2) is 9.97 Å². The lowest BCUT2D eigenvalue weighted by Crippen LogP contribution is -2.08. The number of fused-ring (bicyclic) bond motifs is 1. The summed E-state index contributed by atoms with van der Waals surface area (Å²) in [5, 5.41) is 4.15. The van der Waals surface area contributed by atoms with Crippen molar-refractivity contribution >= 4 is 16.7 Å². The summed E-state index contributed by atoms with van der Waals surface area (Å²) in [4.78, 5) is 12.8. The van der Waals surface area contributed by atoms with Crippen molar-refractivity contribution in [3.05, 3.63) is 42.5 Å². The predicted molar refractivity (Wildman–Crippen MR) is 95.6 cm³/mol. The number of ether oxygens (including phenoxy) is 3. The molecule has 2 aromatic heterocycles. The molecule has 0 aliphatic heterocycles. The van der Waals surface area contributed by atoms with E-state index in [2.05, 4.69) is 20.3 Å². The second-order valence-electron chi connectivity index (χ2n) is 5.30. The molecular formula is C18H20N4O3. The first-order valence-electron chi connectivity index (χ1n) is 7.85. The summed E-state index contributed by atoms with van der Waals surface area (Å²) < 4.78 is 16.3. The molecule has 0 aliphatic rings. The van der Waals surface area contributed by atoms with Crippen molar-refractivity contribution in [2.75, 3.05) is 33.2 Å². The summed E-state index contributed by atoms with van der Waals surface area (Å²) >= 11 is 0. The molecule has 130 valence electrons. The second kappa shape index (κ2) is 7.65. The van der Waals surface area contributed by atoms with Crippen molar-refractivity contribution in [2.24, 2.45) is 0 Å². The standard InChI is InChI=1S/C18H20N4O3/c1-23-14-9-13-15(17(25-3)16(14)24-2)21-11-22-18(13)20-8-6-12-5-4-7-19-10-12/h4-5,7,9-11H,6,8H2,1-3H3,(H,20,21,22). The normalized spacial score (nSPS) is 10.5. The summed E-state index contributed by atoms with van der Waals surface area (Å²) in [6, 6.07) is 5.82. The van der Waals surface area contributed by atoms with Crippen molar-refractivity contribution < 1.29 is 14.2 Å². The van der Waals surface area contributed by atoms with Gasteiger partial charge < -0.3 is 19.5 Å². The van der Waals surface area contributed by atoms with Gasteiger partial charge >= 0.3 is 0 Å². The molecule has 0 saturated heterocycles. The maximum absolute atomic E-state index is 5.49. The SMILES string of the molecule is COc1cc2c(NCCc3cccnc3)ncnc2c(OC)c1OC. The minimum absolute atomic E-state index is 0.512. The summed E-state index contributed by atoms with van der Waals surface area (Å²) in [5.74, 6) is 2.32. The molecule has 0 bridgehead atoms. The number of nitrogens with zero attached hydrogens (tertiary/aromatic N) is 3. The van der Waals surface area contributed by atoms with Crippen LogP contribution in [0.1, 0.15) is 5.56 Å². The molecule has 1 aromatic carbocycles. The summed E-state index contributed by atoms with van der Waals surface area (Å²) in [6.07, 6.45) is 5.96. The van der Waals surface area contributed by atoms with E-state index in [0.29, 0.717) is 35.1 Å². The smallest absolute Gasteiger partial charge is 0.205 e. The van der Waals surface area contributed by atoms with E-state index in [1.165, 1.54) is 6.33 Å². The highest BCUT2D eigenvalue weighted by Gasteiger charge is 2.19. The first-order valence-corrected chi connectivity index (χ1v) is 7.85. The van der Waals surface area contributed by atoms with E-state index >= 15 is 0 Å². The molecule has 7 nitrogen and oxygen atoms in total. The number of hydrogen-bond donors (Lipinski definition) is 1. The van der Waals surface area contributed by atoms with Crippen LogP contribution in [0.5, 0.6) is 17.2 Å². The lowest BCUT2D eigenvalue weighted by molar-refractivity contribution is 0.327. The first kappa shape index (κ1) is 16.8. The molecule has 0 radical (unpaired) electrons. The number of benzene rings is 1. The Morgan fingerprint density at radius 1 is 1.04 bits per heavy atom. The molecule has 0 amide bonds. The molecule has 0 atom stereocenters. The molecule has 0 spiro atoms. The van der Waals surface area contributed by atoms with Crippen LogP contribution in [0.4, 0.5) is 5.82 Å². The van der Waals surface area contributed by atoms with Crippen LogP contribution < -0.4 is 19.5 Å². The maximum Gasteiger partial charge on any atom is 0.205 e. The van der Waals surface area contributed by atoms with Crippen molar-refractivity contribution in [3.63, 3.8) is 0 Å². The van der Waals surface area contributed by atoms with Gasteiger partial charge in [0.05, 0.1) is 26.7 Å². The van der Waals surface area contributed by atoms with Gasteiger partial charge in [0.25, 0.3) is 0 Å². The van der Waals surface area contributed by atoms with Crippen LogP contribution in [0, 0.1) is 0 Å². The van der Waals surface area contributed by atoms with Gasteiger partial charge in [0.2, 0.25) is 5.75 Å². The van der Waals surface area contributed by atoms with Gasteiger partial charge in [0.15, 0.2) is 11.5 Å². The minimum atomic E-state index is 0.512. The van der Waals surface area contributed by atoms with Crippen molar-refractivity contribution in [3.8, 4) is 17.2 Å². The number of pyridine rings is 1. The van der Waals surface area contributed by atoms with Gasteiger partial charge in [0, 0.05) is 18.9 Å². The Hall–Kier alpha value is -3.09. The number of nitrogens with one attached hydrogen (secondary N) is 1. The van der Waals surface area contributed by atoms with Crippen LogP contribution in [-0.2, 0) is 6.42 Å². The second-order valence-corrected chi connectivity index (χ2v) is 5.30. The van der Waals surface area contributed by atoms with Crippen LogP contribution in [0.15, 0.2) is 36.9 Å². The van der Waals surface area contributed by atoms with Crippen molar-refractivity contribution in [1.82, 2.24) is 15.0 Å². The van der Waals surface area contributed by atoms with Gasteiger partial charge in [-0.1, -0.05) is 6.07 Å². The molecule has 0 unspecified atom stereocenters. The Labute approximate surface area is 146 Å². The van der Waals surface area contributed by atoms with E-state index in [4.69, 9.17) is 14.2 Å². The zero-order valence-electron chi connectivity index (χ0n) is 14.4. The predicted octanol–water partition coefficient (Wildman–Crippen LogP) is 2.71. The quantitative estimate of drug-likeness (QED) is 0.708. The Kier molecular flexibility index (Phi) is 5.13. The largest absolute Gasteiger partial charge is 0.493 e. The fourth-order valence-electron chi connectivity index (χ4n) is 2.68. The van der Waals surface area contributed by atoms with Gasteiger partial charge in [-0.05, 0) is 24.1 Å². The third-order valence-corrected chi connectivity index (χ3v) is 3.86. The number of anilines is 1. The van der Waals surface area contributed by atoms with Crippen LogP contribution >= 0.6 is 0 Å². The molecule has 1 N–H and O–H groups in total. The van der Waals surface area contributed by atoms with Crippen molar-refractivity contribution in [2.45, 2.75) is 6.42 Å². The minimum Gasteiger partial charge on any atom is -0.493 e. The van der Waals surface area contributed by atoms with E-state index in [1.807, 2.05) is 24.4 Å². The number of methoxy groups -OCH3 is 3. The van der Waals surface area contributed by atoms with Crippen molar-refractivity contribution in [1.29, 1.82) is 0 Å². The molecule has 7 heteroatoms. The lowest BCUT2D eigenvalue weighted by Gasteiger charge is -2.15. The summed E-state index contributed by atoms with van der Waals surface area (Å²) in [5.41, 5.74) is 1.82. The number of rotatable bonds is 7. The Balaban J connectivity index is 1.93. The highest BCUT2D eigenvalue weighted by Crippen LogP contribution is 2.43. The molecular weight excluding hydrogens is 320 g/mol. The van der Waals surface area contributed by atoms with E-state index in [-0.39, 0.29) is 0 Å². The lowest BCUT2D eigenvalue weighted by atomic mass is 10.1. The van der Waals surface area contributed by atoms with Crippen LogP contribution in [0.25, 0.3) is 10.9 Å². The number of hydrogen-bond acceptors (Lipinski definition) is 7. The van der Waals surface area contributed by atoms with Gasteiger partial charge in [-0.3, -0.25) is 4.98 Å². The highest BCUT2D eigenvalue weighted by molar-refractivity contribution is 5.96. The molecule has 3 rings (SSSR count). The Bertz CT molecular complexity index is 856. The Morgan fingerprint density at radius 2 is 1.88 bits per heavy atom. The first-order chi connectivity index (χ1) is 12.3. The molecule has 25 heavy (non-hydrogen) atoms. The Morgan fingerprint density at radius 3 is 2.56 bits per heavy atom. The molecule has 0 fully saturated rings. The summed E-state index contributed by atoms with van der Waals surface area (Å²) in [7, 11) is 4.73. The van der Waals surface area contributed by atoms with E-state index in [1.54, 1.807) is 27.5 Å². The zero-order chi connectivity index (χ0) is 17.6. The fourth-order valence-corrected chi connectivity index (χ4v) is 2.68. The molecule has 0 saturated carbocycles. The third kappa shape index (κ3) is 3.40. The van der Waals surface area contributed by atoms with Crippen LogP contribution in [0.2, 0.25) is 0 Å². The van der Waals surface area contributed by atoms with E-state index < -0.39 is 0 Å². The van der Waals surface area contributed by atoms with E-state index in [0.717, 1.165) is 17.4 Å². The monoisotopic (exact) mass is 340 g/mol. The zero-order valence-corrected chi connectivity index (χ0v) is 14.4. The maximum atomic E-state index is 5.49. The van der Waals surface area contributed by atoms with E-state index in [9.17, 15) is 0 Å². The van der Waals surface area contributed by atoms with Crippen LogP contribution in [-0.4, -0.2) is 42.8 Å². The van der Waals surface area contributed by atoms with Crippen LogP contribution in [0.3, 0.4) is 0 Å². The highest BCUT2D eigenvalue weighted by atomic mass is 16.5. The molecule has 2 heterocycles. The average molecular weight is 340 g/mol. The average Bonchev–Trinajstić information content (AvgIpc) is 2.67. The number of aromatic nitrogens is 3. The topological polar surface area (TPSA) is 78.4 Å². The van der Waals surface area contributed by atoms with Gasteiger partial charge in [-0.2, -0.15) is 0 Å². The summed E-state index contributed by atoms with van der Waals surface area (Å²) in [6.45, 7) is 0.717. The van der Waals surface area contributed by atoms with Gasteiger partial charge in [0.1, 0.15) is 17.7 Å². The third-order valence-electron chi connectivity index (χ3n) is 3.86. The van der Waals surface area contributed by atoms with Gasteiger partial charge in [-0.15, -0.1) is 0 Å². The fraction of sp³-hybridized carbons (Fsp3) is 0.278. The molecule has 3 aromatic rings.